The number of hydrogen-bond acceptors (Lipinski definition) is 3. The molecule has 5 nitrogen and oxygen atoms in total. The number of sulfonamides is 1. The summed E-state index contributed by atoms with van der Waals surface area (Å²) < 4.78 is 42.3. The number of rotatable bonds is 5. The van der Waals surface area contributed by atoms with Gasteiger partial charge in [-0.05, 0) is 42.8 Å². The van der Waals surface area contributed by atoms with Crippen molar-refractivity contribution in [2.75, 3.05) is 0 Å². The predicted molar refractivity (Wildman–Crippen MR) is 88.7 cm³/mol. The van der Waals surface area contributed by atoms with E-state index in [1.165, 1.54) is 18.2 Å². The Hall–Kier alpha value is -2.51. The third-order valence-electron chi connectivity index (χ3n) is 3.63. The van der Waals surface area contributed by atoms with Gasteiger partial charge in [0.05, 0.1) is 11.2 Å². The summed E-state index contributed by atoms with van der Waals surface area (Å²) in [6, 6.07) is 11.9. The molecular formula is C17H16FN3O2S. The summed E-state index contributed by atoms with van der Waals surface area (Å²) in [6.07, 6.45) is 5.19. The Morgan fingerprint density at radius 3 is 2.54 bits per heavy atom. The second-order valence-electron chi connectivity index (χ2n) is 5.36. The average Bonchev–Trinajstić information content (AvgIpc) is 3.09. The second kappa shape index (κ2) is 6.54. The summed E-state index contributed by atoms with van der Waals surface area (Å²) in [5, 5.41) is 0. The second-order valence-corrected chi connectivity index (χ2v) is 7.08. The molecule has 1 atom stereocenters. The maximum Gasteiger partial charge on any atom is 0.241 e. The molecule has 24 heavy (non-hydrogen) atoms. The summed E-state index contributed by atoms with van der Waals surface area (Å²) >= 11 is 0. The zero-order valence-electron chi connectivity index (χ0n) is 12.9. The molecular weight excluding hydrogens is 329 g/mol. The molecule has 0 fully saturated rings. The van der Waals surface area contributed by atoms with Crippen LogP contribution in [0.1, 0.15) is 18.5 Å². The van der Waals surface area contributed by atoms with E-state index in [4.69, 9.17) is 0 Å². The Morgan fingerprint density at radius 2 is 1.92 bits per heavy atom. The zero-order chi connectivity index (χ0) is 17.2. The van der Waals surface area contributed by atoms with Gasteiger partial charge < -0.3 is 4.57 Å². The Morgan fingerprint density at radius 1 is 1.17 bits per heavy atom. The number of hydrogen-bond donors (Lipinski definition) is 1. The topological polar surface area (TPSA) is 64.0 Å². The molecule has 3 aromatic rings. The molecule has 0 saturated carbocycles. The van der Waals surface area contributed by atoms with Crippen LogP contribution in [-0.2, 0) is 10.0 Å². The van der Waals surface area contributed by atoms with Gasteiger partial charge in [-0.3, -0.25) is 0 Å². The Bertz CT molecular complexity index is 923. The van der Waals surface area contributed by atoms with E-state index in [1.807, 2.05) is 35.0 Å². The van der Waals surface area contributed by atoms with E-state index in [-0.39, 0.29) is 4.90 Å². The minimum Gasteiger partial charge on any atom is -0.306 e. The minimum atomic E-state index is -3.79. The van der Waals surface area contributed by atoms with Crippen LogP contribution in [-0.4, -0.2) is 18.0 Å². The molecule has 3 rings (SSSR count). The monoisotopic (exact) mass is 345 g/mol. The van der Waals surface area contributed by atoms with Gasteiger partial charge in [-0.15, -0.1) is 0 Å². The van der Waals surface area contributed by atoms with E-state index in [9.17, 15) is 12.8 Å². The van der Waals surface area contributed by atoms with Gasteiger partial charge in [-0.2, -0.15) is 0 Å². The third kappa shape index (κ3) is 3.52. The first-order valence-corrected chi connectivity index (χ1v) is 8.80. The summed E-state index contributed by atoms with van der Waals surface area (Å²) in [4.78, 5) is 3.89. The maximum atomic E-state index is 13.2. The number of nitrogens with zero attached hydrogens (tertiary/aromatic N) is 2. The molecule has 0 saturated heterocycles. The lowest BCUT2D eigenvalue weighted by molar-refractivity contribution is 0.564. The summed E-state index contributed by atoms with van der Waals surface area (Å²) in [7, 11) is -3.79. The minimum absolute atomic E-state index is 0.0932. The molecule has 124 valence electrons. The molecule has 2 aromatic carbocycles. The fraction of sp³-hybridized carbons (Fsp3) is 0.118. The number of aromatic nitrogens is 2. The number of benzene rings is 2. The molecule has 1 aromatic heterocycles. The van der Waals surface area contributed by atoms with E-state index in [0.717, 1.165) is 17.3 Å². The average molecular weight is 345 g/mol. The lowest BCUT2D eigenvalue weighted by atomic mass is 10.1. The lowest BCUT2D eigenvalue weighted by Gasteiger charge is -2.15. The predicted octanol–water partition coefficient (Wildman–Crippen LogP) is 3.05. The molecule has 0 spiro atoms. The van der Waals surface area contributed by atoms with Crippen LogP contribution in [0.3, 0.4) is 0 Å². The highest BCUT2D eigenvalue weighted by molar-refractivity contribution is 7.89. The maximum absolute atomic E-state index is 13.2. The standard InChI is InChI=1S/C17H16FN3O2S/c1-13(20-24(22,23)17-4-2-3-15(18)11-17)14-5-7-16(8-6-14)21-10-9-19-12-21/h2-13,20H,1H3/t13-/m1/s1. The molecule has 1 heterocycles. The van der Waals surface area contributed by atoms with Gasteiger partial charge in [0.2, 0.25) is 10.0 Å². The first kappa shape index (κ1) is 16.4. The third-order valence-corrected chi connectivity index (χ3v) is 5.17. The highest BCUT2D eigenvalue weighted by atomic mass is 32.2. The van der Waals surface area contributed by atoms with Crippen LogP contribution in [0.15, 0.2) is 72.1 Å². The Balaban J connectivity index is 1.78. The van der Waals surface area contributed by atoms with Crippen LogP contribution < -0.4 is 4.72 Å². The van der Waals surface area contributed by atoms with E-state index in [2.05, 4.69) is 9.71 Å². The fourth-order valence-corrected chi connectivity index (χ4v) is 3.61. The van der Waals surface area contributed by atoms with Crippen molar-refractivity contribution < 1.29 is 12.8 Å². The van der Waals surface area contributed by atoms with E-state index < -0.39 is 21.9 Å². The normalized spacial score (nSPS) is 12.9. The van der Waals surface area contributed by atoms with Crippen LogP contribution in [0.4, 0.5) is 4.39 Å². The smallest absolute Gasteiger partial charge is 0.241 e. The van der Waals surface area contributed by atoms with E-state index >= 15 is 0 Å². The molecule has 0 amide bonds. The largest absolute Gasteiger partial charge is 0.306 e. The molecule has 0 bridgehead atoms. The van der Waals surface area contributed by atoms with Crippen LogP contribution in [0, 0.1) is 5.82 Å². The molecule has 0 aliphatic heterocycles. The van der Waals surface area contributed by atoms with Gasteiger partial charge >= 0.3 is 0 Å². The lowest BCUT2D eigenvalue weighted by Crippen LogP contribution is -2.27. The zero-order valence-corrected chi connectivity index (χ0v) is 13.7. The molecule has 7 heteroatoms. The van der Waals surface area contributed by atoms with Gasteiger partial charge in [-0.1, -0.05) is 18.2 Å². The molecule has 0 aliphatic rings. The van der Waals surface area contributed by atoms with E-state index in [1.54, 1.807) is 19.4 Å². The Kier molecular flexibility index (Phi) is 4.46. The van der Waals surface area contributed by atoms with Gasteiger partial charge in [0, 0.05) is 24.1 Å². The van der Waals surface area contributed by atoms with Gasteiger partial charge in [-0.25, -0.2) is 22.5 Å². The van der Waals surface area contributed by atoms with Crippen molar-refractivity contribution in [3.05, 3.63) is 78.6 Å². The van der Waals surface area contributed by atoms with Gasteiger partial charge in [0.25, 0.3) is 0 Å². The van der Waals surface area contributed by atoms with Crippen molar-refractivity contribution in [1.82, 2.24) is 14.3 Å². The SMILES string of the molecule is C[C@@H](NS(=O)(=O)c1cccc(F)c1)c1ccc(-n2ccnc2)cc1. The number of halogens is 1. The molecule has 1 N–H and O–H groups in total. The van der Waals surface area contributed by atoms with E-state index in [0.29, 0.717) is 0 Å². The van der Waals surface area contributed by atoms with Crippen molar-refractivity contribution >= 4 is 10.0 Å². The van der Waals surface area contributed by atoms with Crippen molar-refractivity contribution in [1.29, 1.82) is 0 Å². The van der Waals surface area contributed by atoms with Crippen LogP contribution in [0.25, 0.3) is 5.69 Å². The summed E-state index contributed by atoms with van der Waals surface area (Å²) in [5.41, 5.74) is 1.73. The van der Waals surface area contributed by atoms with Crippen molar-refractivity contribution in [3.63, 3.8) is 0 Å². The van der Waals surface area contributed by atoms with Gasteiger partial charge in [0.15, 0.2) is 0 Å². The highest BCUT2D eigenvalue weighted by Crippen LogP contribution is 2.19. The van der Waals surface area contributed by atoms with Crippen LogP contribution in [0.2, 0.25) is 0 Å². The molecule has 0 aliphatic carbocycles. The number of nitrogens with one attached hydrogen (secondary N) is 1. The summed E-state index contributed by atoms with van der Waals surface area (Å²) in [6.45, 7) is 1.74. The first-order chi connectivity index (χ1) is 11.5. The highest BCUT2D eigenvalue weighted by Gasteiger charge is 2.18. The van der Waals surface area contributed by atoms with Crippen molar-refractivity contribution in [2.24, 2.45) is 0 Å². The van der Waals surface area contributed by atoms with Crippen molar-refractivity contribution in [3.8, 4) is 5.69 Å². The molecule has 0 radical (unpaired) electrons. The molecule has 0 unspecified atom stereocenters. The quantitative estimate of drug-likeness (QED) is 0.773. The van der Waals surface area contributed by atoms with Gasteiger partial charge in [0.1, 0.15) is 5.82 Å². The number of imidazole rings is 1. The Labute approximate surface area is 139 Å². The fourth-order valence-electron chi connectivity index (χ4n) is 2.35. The van der Waals surface area contributed by atoms with Crippen molar-refractivity contribution in [2.45, 2.75) is 17.9 Å². The summed E-state index contributed by atoms with van der Waals surface area (Å²) in [5.74, 6) is -0.588. The van der Waals surface area contributed by atoms with Crippen LogP contribution >= 0.6 is 0 Å². The van der Waals surface area contributed by atoms with Crippen LogP contribution in [0.5, 0.6) is 0 Å². The first-order valence-electron chi connectivity index (χ1n) is 7.32.